The average molecular weight is 479 g/mol. The van der Waals surface area contributed by atoms with Crippen molar-refractivity contribution in [1.29, 1.82) is 0 Å². The Morgan fingerprint density at radius 1 is 1.09 bits per heavy atom. The minimum absolute atomic E-state index is 0.0237. The molecule has 3 N–H and O–H groups in total. The Hall–Kier alpha value is -4.41. The molecule has 0 aliphatic carbocycles. The molecular weight excluding hydrogens is 459 g/mol. The second-order valence-electron chi connectivity index (χ2n) is 8.18. The number of benzene rings is 2. The number of nitrogens with zero attached hydrogens (tertiary/aromatic N) is 5. The molecule has 8 nitrogen and oxygen atoms in total. The number of amides is 1. The summed E-state index contributed by atoms with van der Waals surface area (Å²) in [5.74, 6) is -1.15. The van der Waals surface area contributed by atoms with E-state index in [1.165, 1.54) is 25.3 Å². The zero-order valence-corrected chi connectivity index (χ0v) is 18.7. The third kappa shape index (κ3) is 3.94. The molecule has 0 aliphatic heterocycles. The maximum Gasteiger partial charge on any atom is 0.271 e. The zero-order valence-electron chi connectivity index (χ0n) is 18.7. The number of aryl methyl sites for hydroxylation is 1. The van der Waals surface area contributed by atoms with Crippen LogP contribution in [0.4, 0.5) is 19.0 Å². The van der Waals surface area contributed by atoms with Gasteiger partial charge in [0.1, 0.15) is 11.5 Å². The van der Waals surface area contributed by atoms with Crippen LogP contribution in [0.3, 0.4) is 0 Å². The lowest BCUT2D eigenvalue weighted by molar-refractivity contribution is 0.0776. The first-order valence-electron chi connectivity index (χ1n) is 10.7. The van der Waals surface area contributed by atoms with Crippen molar-refractivity contribution in [3.8, 4) is 22.5 Å². The summed E-state index contributed by atoms with van der Waals surface area (Å²) < 4.78 is 43.0. The number of nitrogens with two attached hydrogens (primary N) is 1. The van der Waals surface area contributed by atoms with Crippen molar-refractivity contribution in [2.75, 3.05) is 5.73 Å². The zero-order chi connectivity index (χ0) is 24.9. The first-order valence-corrected chi connectivity index (χ1v) is 10.7. The van der Waals surface area contributed by atoms with Crippen LogP contribution in [-0.4, -0.2) is 42.3 Å². The standard InChI is InChI=1S/C24H20F3N7O/c1-12(21(26)27)30-24(35)17-10-34-20(14-5-8-16-18(9-14)33(2)11-29-16)19(32-22(28)23(34)31-17)13-3-6-15(25)7-4-13/h3-12,21H,1-2H3,(H2,28,32)(H,30,35). The highest BCUT2D eigenvalue weighted by Gasteiger charge is 2.23. The molecule has 3 aromatic heterocycles. The Balaban J connectivity index is 1.76. The summed E-state index contributed by atoms with van der Waals surface area (Å²) in [6.45, 7) is 1.20. The smallest absolute Gasteiger partial charge is 0.271 e. The normalized spacial score (nSPS) is 12.5. The number of carbonyl (C=O) groups is 1. The maximum absolute atomic E-state index is 13.6. The van der Waals surface area contributed by atoms with E-state index in [4.69, 9.17) is 5.73 Å². The summed E-state index contributed by atoms with van der Waals surface area (Å²) in [4.78, 5) is 25.8. The monoisotopic (exact) mass is 479 g/mol. The fraction of sp³-hybridized carbons (Fsp3) is 0.167. The maximum atomic E-state index is 13.6. The molecule has 178 valence electrons. The number of aromatic nitrogens is 5. The van der Waals surface area contributed by atoms with E-state index in [0.717, 1.165) is 11.0 Å². The fourth-order valence-corrected chi connectivity index (χ4v) is 3.88. The van der Waals surface area contributed by atoms with E-state index >= 15 is 0 Å². The molecule has 35 heavy (non-hydrogen) atoms. The van der Waals surface area contributed by atoms with Gasteiger partial charge >= 0.3 is 0 Å². The van der Waals surface area contributed by atoms with Crippen LogP contribution < -0.4 is 11.1 Å². The Bertz CT molecular complexity index is 1570. The summed E-state index contributed by atoms with van der Waals surface area (Å²) in [6.07, 6.45) is 0.390. The number of anilines is 1. The molecule has 0 aliphatic rings. The Labute approximate surface area is 197 Å². The number of hydrogen-bond acceptors (Lipinski definition) is 5. The van der Waals surface area contributed by atoms with Crippen LogP contribution in [0.25, 0.3) is 39.2 Å². The number of fused-ring (bicyclic) bond motifs is 2. The molecule has 1 amide bonds. The van der Waals surface area contributed by atoms with Gasteiger partial charge in [-0.25, -0.2) is 28.1 Å². The highest BCUT2D eigenvalue weighted by Crippen LogP contribution is 2.35. The van der Waals surface area contributed by atoms with Crippen molar-refractivity contribution in [3.63, 3.8) is 0 Å². The van der Waals surface area contributed by atoms with Crippen molar-refractivity contribution in [3.05, 3.63) is 66.5 Å². The summed E-state index contributed by atoms with van der Waals surface area (Å²) in [5.41, 5.74) is 10.2. The highest BCUT2D eigenvalue weighted by atomic mass is 19.3. The predicted molar refractivity (Wildman–Crippen MR) is 125 cm³/mol. The van der Waals surface area contributed by atoms with Gasteiger partial charge in [0.15, 0.2) is 11.5 Å². The van der Waals surface area contributed by atoms with Gasteiger partial charge in [-0.3, -0.25) is 9.20 Å². The van der Waals surface area contributed by atoms with Gasteiger partial charge in [-0.05, 0) is 43.3 Å². The van der Waals surface area contributed by atoms with Gasteiger partial charge in [0.25, 0.3) is 12.3 Å². The van der Waals surface area contributed by atoms with E-state index in [1.54, 1.807) is 22.9 Å². The highest BCUT2D eigenvalue weighted by molar-refractivity contribution is 5.95. The molecule has 0 bridgehead atoms. The predicted octanol–water partition coefficient (Wildman–Crippen LogP) is 4.05. The van der Waals surface area contributed by atoms with Crippen LogP contribution in [0.5, 0.6) is 0 Å². The van der Waals surface area contributed by atoms with Gasteiger partial charge in [-0.1, -0.05) is 6.07 Å². The molecule has 0 saturated carbocycles. The Kier molecular flexibility index (Phi) is 5.39. The lowest BCUT2D eigenvalue weighted by Gasteiger charge is -2.14. The molecule has 0 saturated heterocycles. The number of carbonyl (C=O) groups excluding carboxylic acids is 1. The van der Waals surface area contributed by atoms with Crippen LogP contribution in [0, 0.1) is 5.82 Å². The molecule has 3 heterocycles. The second-order valence-corrected chi connectivity index (χ2v) is 8.18. The first kappa shape index (κ1) is 22.4. The number of nitrogens with one attached hydrogen (secondary N) is 1. The van der Waals surface area contributed by atoms with Gasteiger partial charge in [-0.2, -0.15) is 0 Å². The van der Waals surface area contributed by atoms with Crippen LogP contribution in [-0.2, 0) is 7.05 Å². The van der Waals surface area contributed by atoms with Gasteiger partial charge < -0.3 is 15.6 Å². The number of hydrogen-bond donors (Lipinski definition) is 2. The Morgan fingerprint density at radius 3 is 2.51 bits per heavy atom. The van der Waals surface area contributed by atoms with Crippen molar-refractivity contribution < 1.29 is 18.0 Å². The topological polar surface area (TPSA) is 103 Å². The SMILES string of the molecule is CC(NC(=O)c1cn2c(-c3ccc4ncn(C)c4c3)c(-c3ccc(F)cc3)nc(N)c2n1)C(F)F. The molecule has 5 aromatic rings. The number of alkyl halides is 2. The van der Waals surface area contributed by atoms with Crippen LogP contribution in [0.2, 0.25) is 0 Å². The van der Waals surface area contributed by atoms with E-state index < -0.39 is 24.2 Å². The largest absolute Gasteiger partial charge is 0.381 e. The number of imidazole rings is 2. The van der Waals surface area contributed by atoms with Crippen LogP contribution >= 0.6 is 0 Å². The number of halogens is 3. The van der Waals surface area contributed by atoms with Crippen molar-refractivity contribution >= 4 is 28.4 Å². The van der Waals surface area contributed by atoms with Gasteiger partial charge in [0.2, 0.25) is 0 Å². The Morgan fingerprint density at radius 2 is 1.80 bits per heavy atom. The second kappa shape index (κ2) is 8.42. The average Bonchev–Trinajstić information content (AvgIpc) is 3.44. The number of nitrogen functional groups attached to an aromatic ring is 1. The molecule has 11 heteroatoms. The quantitative estimate of drug-likeness (QED) is 0.396. The van der Waals surface area contributed by atoms with Crippen LogP contribution in [0.1, 0.15) is 17.4 Å². The van der Waals surface area contributed by atoms with Crippen molar-refractivity contribution in [2.24, 2.45) is 7.05 Å². The number of rotatable bonds is 5. The minimum atomic E-state index is -2.73. The van der Waals surface area contributed by atoms with Gasteiger partial charge in [-0.15, -0.1) is 0 Å². The summed E-state index contributed by atoms with van der Waals surface area (Å²) >= 11 is 0. The van der Waals surface area contributed by atoms with E-state index in [0.29, 0.717) is 22.5 Å². The third-order valence-corrected chi connectivity index (χ3v) is 5.72. The minimum Gasteiger partial charge on any atom is -0.381 e. The molecule has 1 unspecified atom stereocenters. The summed E-state index contributed by atoms with van der Waals surface area (Å²) in [6, 6.07) is 10.00. The molecule has 1 atom stereocenters. The third-order valence-electron chi connectivity index (χ3n) is 5.72. The first-order chi connectivity index (χ1) is 16.7. The lowest BCUT2D eigenvalue weighted by Crippen LogP contribution is -2.37. The lowest BCUT2D eigenvalue weighted by atomic mass is 10.0. The van der Waals surface area contributed by atoms with E-state index in [9.17, 15) is 18.0 Å². The molecular formula is C24H20F3N7O. The van der Waals surface area contributed by atoms with E-state index in [-0.39, 0.29) is 17.2 Å². The molecule has 0 fully saturated rings. The van der Waals surface area contributed by atoms with Gasteiger partial charge in [0.05, 0.1) is 34.8 Å². The summed E-state index contributed by atoms with van der Waals surface area (Å²) in [7, 11) is 1.86. The fourth-order valence-electron chi connectivity index (χ4n) is 3.88. The van der Waals surface area contributed by atoms with E-state index in [2.05, 4.69) is 20.3 Å². The van der Waals surface area contributed by atoms with E-state index in [1.807, 2.05) is 29.8 Å². The molecule has 2 aromatic carbocycles. The van der Waals surface area contributed by atoms with Crippen molar-refractivity contribution in [1.82, 2.24) is 29.2 Å². The van der Waals surface area contributed by atoms with Crippen LogP contribution in [0.15, 0.2) is 55.0 Å². The molecule has 0 spiro atoms. The van der Waals surface area contributed by atoms with Gasteiger partial charge in [0, 0.05) is 24.4 Å². The summed E-state index contributed by atoms with van der Waals surface area (Å²) in [5, 5.41) is 2.24. The molecule has 5 rings (SSSR count). The molecule has 0 radical (unpaired) electrons. The van der Waals surface area contributed by atoms with Crippen molar-refractivity contribution in [2.45, 2.75) is 19.4 Å².